The summed E-state index contributed by atoms with van der Waals surface area (Å²) < 4.78 is 0. The highest BCUT2D eigenvalue weighted by molar-refractivity contribution is 5.95. The largest absolute Gasteiger partial charge is 0.324 e. The number of carbonyl (C=O) groups is 1. The molecule has 4 atom stereocenters. The van der Waals surface area contributed by atoms with Gasteiger partial charge in [-0.3, -0.25) is 14.9 Å². The van der Waals surface area contributed by atoms with Crippen LogP contribution in [-0.4, -0.2) is 15.7 Å². The van der Waals surface area contributed by atoms with Crippen molar-refractivity contribution in [1.82, 2.24) is 4.90 Å². The smallest absolute Gasteiger partial charge is 0.269 e. The lowest BCUT2D eigenvalue weighted by molar-refractivity contribution is -0.384. The van der Waals surface area contributed by atoms with E-state index in [1.807, 2.05) is 36.4 Å². The standard InChI is InChI=1S/C27H26N2O3/c30-27(21-14-16-24(17-15-21)29(31)32)28-25(19-8-3-1-4-9-19)22-12-7-13-23(18-22)26(28)20-10-5-2-6-11-20/h1-6,8-11,14-17,22-23,25-26H,7,12-13,18H2. The molecule has 5 rings (SSSR count). The normalized spacial score (nSPS) is 24.7. The second-order valence-corrected chi connectivity index (χ2v) is 8.91. The van der Waals surface area contributed by atoms with Crippen LogP contribution in [0.25, 0.3) is 0 Å². The minimum atomic E-state index is -0.431. The SMILES string of the molecule is O=C(c1ccc([N+](=O)[O-])cc1)N1C(c2ccccc2)C2CCCC(C2)C1c1ccccc1. The Labute approximate surface area is 187 Å². The molecule has 1 saturated heterocycles. The molecular weight excluding hydrogens is 400 g/mol. The van der Waals surface area contributed by atoms with E-state index in [1.54, 1.807) is 12.1 Å². The number of nitro benzene ring substituents is 1. The molecule has 2 aliphatic rings. The number of nitrogens with zero attached hydrogens (tertiary/aromatic N) is 2. The molecule has 4 unspecified atom stereocenters. The molecular formula is C27H26N2O3. The lowest BCUT2D eigenvalue weighted by Gasteiger charge is -2.53. The Balaban J connectivity index is 1.63. The summed E-state index contributed by atoms with van der Waals surface area (Å²) in [6, 6.07) is 26.7. The van der Waals surface area contributed by atoms with Crippen LogP contribution in [0.15, 0.2) is 84.9 Å². The first-order chi connectivity index (χ1) is 15.6. The number of hydrogen-bond acceptors (Lipinski definition) is 3. The van der Waals surface area contributed by atoms with E-state index in [0.717, 1.165) is 30.4 Å². The number of piperidine rings is 1. The molecule has 5 nitrogen and oxygen atoms in total. The molecule has 5 heteroatoms. The van der Waals surface area contributed by atoms with Crippen molar-refractivity contribution in [3.8, 4) is 0 Å². The van der Waals surface area contributed by atoms with Gasteiger partial charge in [-0.05, 0) is 54.4 Å². The summed E-state index contributed by atoms with van der Waals surface area (Å²) in [5, 5.41) is 11.1. The van der Waals surface area contributed by atoms with Crippen LogP contribution in [0.3, 0.4) is 0 Å². The van der Waals surface area contributed by atoms with Crippen molar-refractivity contribution < 1.29 is 9.72 Å². The second kappa shape index (κ2) is 8.58. The Morgan fingerprint density at radius 2 is 1.28 bits per heavy atom. The number of non-ortho nitro benzene ring substituents is 1. The van der Waals surface area contributed by atoms with Crippen molar-refractivity contribution in [2.24, 2.45) is 11.8 Å². The van der Waals surface area contributed by atoms with E-state index in [2.05, 4.69) is 29.2 Å². The van der Waals surface area contributed by atoms with Crippen molar-refractivity contribution in [3.63, 3.8) is 0 Å². The summed E-state index contributed by atoms with van der Waals surface area (Å²) in [7, 11) is 0. The van der Waals surface area contributed by atoms with Crippen LogP contribution >= 0.6 is 0 Å². The van der Waals surface area contributed by atoms with Gasteiger partial charge >= 0.3 is 0 Å². The number of rotatable bonds is 4. The maximum Gasteiger partial charge on any atom is 0.269 e. The van der Waals surface area contributed by atoms with Crippen LogP contribution in [0.1, 0.15) is 59.3 Å². The van der Waals surface area contributed by atoms with Crippen LogP contribution in [-0.2, 0) is 0 Å². The minimum absolute atomic E-state index is 0.00344. The molecule has 3 aromatic carbocycles. The van der Waals surface area contributed by atoms with Crippen molar-refractivity contribution in [1.29, 1.82) is 0 Å². The van der Waals surface area contributed by atoms with Gasteiger partial charge in [0.1, 0.15) is 0 Å². The molecule has 1 amide bonds. The molecule has 1 aliphatic carbocycles. The number of fused-ring (bicyclic) bond motifs is 2. The molecule has 3 aromatic rings. The van der Waals surface area contributed by atoms with E-state index in [9.17, 15) is 14.9 Å². The maximum atomic E-state index is 14.0. The highest BCUT2D eigenvalue weighted by atomic mass is 16.6. The Morgan fingerprint density at radius 3 is 1.75 bits per heavy atom. The third-order valence-electron chi connectivity index (χ3n) is 7.09. The van der Waals surface area contributed by atoms with E-state index in [1.165, 1.54) is 18.6 Å². The van der Waals surface area contributed by atoms with Gasteiger partial charge in [-0.2, -0.15) is 0 Å². The summed E-state index contributed by atoms with van der Waals surface area (Å²) in [6.07, 6.45) is 4.52. The number of likely N-dealkylation sites (tertiary alicyclic amines) is 1. The second-order valence-electron chi connectivity index (χ2n) is 8.91. The van der Waals surface area contributed by atoms with Gasteiger partial charge in [0.25, 0.3) is 11.6 Å². The van der Waals surface area contributed by atoms with E-state index in [-0.39, 0.29) is 23.7 Å². The third kappa shape index (κ3) is 3.68. The molecule has 162 valence electrons. The topological polar surface area (TPSA) is 63.4 Å². The maximum absolute atomic E-state index is 14.0. The summed E-state index contributed by atoms with van der Waals surface area (Å²) in [6.45, 7) is 0. The van der Waals surface area contributed by atoms with Crippen molar-refractivity contribution >= 4 is 11.6 Å². The van der Waals surface area contributed by atoms with E-state index >= 15 is 0 Å². The zero-order chi connectivity index (χ0) is 22.1. The Kier molecular flexibility index (Phi) is 5.48. The molecule has 0 N–H and O–H groups in total. The van der Waals surface area contributed by atoms with Crippen molar-refractivity contribution in [2.45, 2.75) is 37.8 Å². The zero-order valence-corrected chi connectivity index (χ0v) is 17.8. The highest BCUT2D eigenvalue weighted by Crippen LogP contribution is 2.54. The predicted octanol–water partition coefficient (Wildman–Crippen LogP) is 6.34. The van der Waals surface area contributed by atoms with Crippen molar-refractivity contribution in [3.05, 3.63) is 112 Å². The number of amides is 1. The average molecular weight is 427 g/mol. The van der Waals surface area contributed by atoms with Gasteiger partial charge < -0.3 is 4.90 Å². The lowest BCUT2D eigenvalue weighted by atomic mass is 9.67. The number of carbonyl (C=O) groups excluding carboxylic acids is 1. The summed E-state index contributed by atoms with van der Waals surface area (Å²) in [5.41, 5.74) is 2.82. The molecule has 32 heavy (non-hydrogen) atoms. The minimum Gasteiger partial charge on any atom is -0.324 e. The van der Waals surface area contributed by atoms with E-state index < -0.39 is 4.92 Å². The molecule has 1 saturated carbocycles. The molecule has 2 bridgehead atoms. The Morgan fingerprint density at radius 1 is 0.781 bits per heavy atom. The first-order valence-electron chi connectivity index (χ1n) is 11.3. The lowest BCUT2D eigenvalue weighted by Crippen LogP contribution is -2.50. The molecule has 2 fully saturated rings. The van der Waals surface area contributed by atoms with Gasteiger partial charge in [0.05, 0.1) is 17.0 Å². The summed E-state index contributed by atoms with van der Waals surface area (Å²) >= 11 is 0. The summed E-state index contributed by atoms with van der Waals surface area (Å²) in [4.78, 5) is 26.8. The molecule has 0 spiro atoms. The quantitative estimate of drug-likeness (QED) is 0.361. The van der Waals surface area contributed by atoms with Gasteiger partial charge in [0.15, 0.2) is 0 Å². The van der Waals surface area contributed by atoms with Gasteiger partial charge in [0.2, 0.25) is 0 Å². The third-order valence-corrected chi connectivity index (χ3v) is 7.09. The van der Waals surface area contributed by atoms with Gasteiger partial charge in [0, 0.05) is 17.7 Å². The number of nitro groups is 1. The highest BCUT2D eigenvalue weighted by Gasteiger charge is 2.47. The Hall–Kier alpha value is -3.47. The average Bonchev–Trinajstić information content (AvgIpc) is 2.84. The fourth-order valence-corrected chi connectivity index (χ4v) is 5.76. The summed E-state index contributed by atoms with van der Waals surface area (Å²) in [5.74, 6) is 0.774. The molecule has 0 radical (unpaired) electrons. The van der Waals surface area contributed by atoms with Crippen molar-refractivity contribution in [2.75, 3.05) is 0 Å². The fourth-order valence-electron chi connectivity index (χ4n) is 5.76. The monoisotopic (exact) mass is 426 g/mol. The Bertz CT molecular complexity index is 1050. The van der Waals surface area contributed by atoms with Crippen LogP contribution in [0.2, 0.25) is 0 Å². The predicted molar refractivity (Wildman–Crippen MR) is 123 cm³/mol. The van der Waals surface area contributed by atoms with E-state index in [4.69, 9.17) is 0 Å². The molecule has 1 heterocycles. The number of hydrogen-bond donors (Lipinski definition) is 0. The van der Waals surface area contributed by atoms with Gasteiger partial charge in [-0.15, -0.1) is 0 Å². The van der Waals surface area contributed by atoms with Crippen LogP contribution in [0.5, 0.6) is 0 Å². The fraction of sp³-hybridized carbons (Fsp3) is 0.296. The van der Waals surface area contributed by atoms with Crippen LogP contribution < -0.4 is 0 Å². The van der Waals surface area contributed by atoms with Crippen LogP contribution in [0.4, 0.5) is 5.69 Å². The first-order valence-corrected chi connectivity index (χ1v) is 11.3. The number of benzene rings is 3. The molecule has 0 aromatic heterocycles. The van der Waals surface area contributed by atoms with Gasteiger partial charge in [-0.1, -0.05) is 67.1 Å². The molecule has 1 aliphatic heterocycles. The van der Waals surface area contributed by atoms with Gasteiger partial charge in [-0.25, -0.2) is 0 Å². The van der Waals surface area contributed by atoms with Crippen LogP contribution in [0, 0.1) is 22.0 Å². The first kappa shape index (κ1) is 20.4. The zero-order valence-electron chi connectivity index (χ0n) is 17.8. The van der Waals surface area contributed by atoms with E-state index in [0.29, 0.717) is 17.4 Å².